The van der Waals surface area contributed by atoms with Crippen molar-refractivity contribution in [3.05, 3.63) is 52.0 Å². The van der Waals surface area contributed by atoms with Gasteiger partial charge in [0.15, 0.2) is 0 Å². The summed E-state index contributed by atoms with van der Waals surface area (Å²) in [4.78, 5) is 0.237. The van der Waals surface area contributed by atoms with Gasteiger partial charge in [-0.1, -0.05) is 48.7 Å². The lowest BCUT2D eigenvalue weighted by Gasteiger charge is -2.13. The average molecular weight is 372 g/mol. The average Bonchev–Trinajstić information content (AvgIpc) is 2.55. The fourth-order valence-corrected chi connectivity index (χ4v) is 3.41. The van der Waals surface area contributed by atoms with Crippen LogP contribution in [0.15, 0.2) is 41.3 Å². The highest BCUT2D eigenvalue weighted by Gasteiger charge is 2.15. The van der Waals surface area contributed by atoms with Crippen molar-refractivity contribution in [2.45, 2.75) is 31.1 Å². The third-order valence-corrected chi connectivity index (χ3v) is 5.84. The lowest BCUT2D eigenvalue weighted by atomic mass is 9.96. The van der Waals surface area contributed by atoms with Gasteiger partial charge in [-0.05, 0) is 60.8 Å². The van der Waals surface area contributed by atoms with Gasteiger partial charge in [0.05, 0.1) is 14.9 Å². The van der Waals surface area contributed by atoms with Crippen LogP contribution >= 0.6 is 23.2 Å². The van der Waals surface area contributed by atoms with Crippen LogP contribution in [0, 0.1) is 0 Å². The molecule has 0 aromatic heterocycles. The summed E-state index contributed by atoms with van der Waals surface area (Å²) in [5.74, 6) is 0. The molecule has 0 saturated carbocycles. The van der Waals surface area contributed by atoms with Gasteiger partial charge in [-0.2, -0.15) is 0 Å². The number of nitrogens with one attached hydrogen (secondary N) is 1. The van der Waals surface area contributed by atoms with E-state index in [9.17, 15) is 8.42 Å². The molecule has 23 heavy (non-hydrogen) atoms. The molecule has 0 aliphatic rings. The molecule has 6 heteroatoms. The van der Waals surface area contributed by atoms with Crippen LogP contribution in [0.1, 0.15) is 25.3 Å². The van der Waals surface area contributed by atoms with Gasteiger partial charge in [0.2, 0.25) is 10.0 Å². The highest BCUT2D eigenvalue weighted by atomic mass is 35.5. The molecule has 0 amide bonds. The second-order valence-corrected chi connectivity index (χ2v) is 7.96. The van der Waals surface area contributed by atoms with Crippen LogP contribution in [0.4, 0.5) is 0 Å². The molecule has 124 valence electrons. The number of benzene rings is 2. The first kappa shape index (κ1) is 18.3. The monoisotopic (exact) mass is 371 g/mol. The molecular formula is C17H19Cl2NO2S. The molecule has 3 nitrogen and oxygen atoms in total. The molecule has 0 spiro atoms. The molecule has 0 unspecified atom stereocenters. The third kappa shape index (κ3) is 4.27. The quantitative estimate of drug-likeness (QED) is 0.783. The van der Waals surface area contributed by atoms with E-state index in [1.807, 2.05) is 12.1 Å². The summed E-state index contributed by atoms with van der Waals surface area (Å²) in [5, 5.41) is 0.928. The number of aryl methyl sites for hydroxylation is 1. The fourth-order valence-electron chi connectivity index (χ4n) is 2.36. The molecule has 2 aromatic rings. The second kappa shape index (κ2) is 7.67. The maximum Gasteiger partial charge on any atom is 0.240 e. The Bertz CT molecular complexity index is 804. The van der Waals surface area contributed by atoms with E-state index in [0.29, 0.717) is 10.0 Å². The van der Waals surface area contributed by atoms with E-state index in [1.54, 1.807) is 24.3 Å². The van der Waals surface area contributed by atoms with Crippen LogP contribution in [0.2, 0.25) is 10.0 Å². The van der Waals surface area contributed by atoms with E-state index < -0.39 is 10.0 Å². The normalized spacial score (nSPS) is 11.7. The standard InChI is InChI=1S/C17H19Cl2NO2S/c1-3-4-5-12-6-8-14(23(21,22)20-2)11-15(12)13-7-9-16(18)17(19)10-13/h6-11,20H,3-5H2,1-2H3. The molecule has 0 bridgehead atoms. The molecule has 1 N–H and O–H groups in total. The van der Waals surface area contributed by atoms with Crippen molar-refractivity contribution in [2.75, 3.05) is 7.05 Å². The second-order valence-electron chi connectivity index (χ2n) is 5.26. The van der Waals surface area contributed by atoms with Crippen LogP contribution in [-0.4, -0.2) is 15.5 Å². The zero-order valence-corrected chi connectivity index (χ0v) is 15.4. The van der Waals surface area contributed by atoms with Crippen molar-refractivity contribution in [1.82, 2.24) is 4.72 Å². The number of halogens is 2. The Hall–Kier alpha value is -1.07. The largest absolute Gasteiger partial charge is 0.240 e. The minimum absolute atomic E-state index is 0.237. The number of unbranched alkanes of at least 4 members (excludes halogenated alkanes) is 1. The molecule has 0 fully saturated rings. The van der Waals surface area contributed by atoms with Crippen molar-refractivity contribution < 1.29 is 8.42 Å². The first-order valence-corrected chi connectivity index (χ1v) is 9.65. The summed E-state index contributed by atoms with van der Waals surface area (Å²) in [7, 11) is -2.09. The SMILES string of the molecule is CCCCc1ccc(S(=O)(=O)NC)cc1-c1ccc(Cl)c(Cl)c1. The van der Waals surface area contributed by atoms with Crippen molar-refractivity contribution in [1.29, 1.82) is 0 Å². The summed E-state index contributed by atoms with van der Waals surface area (Å²) in [6.45, 7) is 2.12. The van der Waals surface area contributed by atoms with Gasteiger partial charge in [0.25, 0.3) is 0 Å². The lowest BCUT2D eigenvalue weighted by molar-refractivity contribution is 0.588. The van der Waals surface area contributed by atoms with Gasteiger partial charge in [-0.25, -0.2) is 13.1 Å². The molecule has 0 radical (unpaired) electrons. The Labute approximate surface area is 147 Å². The van der Waals surface area contributed by atoms with Gasteiger partial charge < -0.3 is 0 Å². The Morgan fingerprint density at radius 3 is 2.39 bits per heavy atom. The first-order chi connectivity index (χ1) is 10.9. The molecule has 0 aliphatic heterocycles. The Kier molecular flexibility index (Phi) is 6.09. The Morgan fingerprint density at radius 2 is 1.78 bits per heavy atom. The summed E-state index contributed by atoms with van der Waals surface area (Å²) in [6.07, 6.45) is 2.98. The molecule has 0 atom stereocenters. The highest BCUT2D eigenvalue weighted by molar-refractivity contribution is 7.89. The topological polar surface area (TPSA) is 46.2 Å². The molecule has 0 heterocycles. The van der Waals surface area contributed by atoms with Crippen LogP contribution in [-0.2, 0) is 16.4 Å². The lowest BCUT2D eigenvalue weighted by Crippen LogP contribution is -2.18. The van der Waals surface area contributed by atoms with Gasteiger partial charge in [0.1, 0.15) is 0 Å². The van der Waals surface area contributed by atoms with E-state index in [-0.39, 0.29) is 4.90 Å². The van der Waals surface area contributed by atoms with Gasteiger partial charge in [-0.15, -0.1) is 0 Å². The predicted octanol–water partition coefficient (Wildman–Crippen LogP) is 4.91. The predicted molar refractivity (Wildman–Crippen MR) is 96.8 cm³/mol. The molecule has 2 rings (SSSR count). The molecular weight excluding hydrogens is 353 g/mol. The van der Waals surface area contributed by atoms with Gasteiger partial charge in [-0.3, -0.25) is 0 Å². The summed E-state index contributed by atoms with van der Waals surface area (Å²) >= 11 is 12.1. The van der Waals surface area contributed by atoms with Crippen molar-refractivity contribution >= 4 is 33.2 Å². The zero-order chi connectivity index (χ0) is 17.0. The molecule has 0 saturated heterocycles. The van der Waals surface area contributed by atoms with E-state index in [2.05, 4.69) is 11.6 Å². The third-order valence-electron chi connectivity index (χ3n) is 3.69. The van der Waals surface area contributed by atoms with Crippen LogP contribution in [0.5, 0.6) is 0 Å². The summed E-state index contributed by atoms with van der Waals surface area (Å²) < 4.78 is 26.5. The molecule has 2 aromatic carbocycles. The van der Waals surface area contributed by atoms with E-state index >= 15 is 0 Å². The minimum atomic E-state index is -3.49. The van der Waals surface area contributed by atoms with Crippen LogP contribution < -0.4 is 4.72 Å². The number of hydrogen-bond donors (Lipinski definition) is 1. The summed E-state index contributed by atoms with van der Waals surface area (Å²) in [6, 6.07) is 10.5. The number of rotatable bonds is 6. The fraction of sp³-hybridized carbons (Fsp3) is 0.294. The van der Waals surface area contributed by atoms with Gasteiger partial charge in [0, 0.05) is 0 Å². The van der Waals surface area contributed by atoms with Crippen LogP contribution in [0.3, 0.4) is 0 Å². The van der Waals surface area contributed by atoms with Crippen molar-refractivity contribution in [3.8, 4) is 11.1 Å². The van der Waals surface area contributed by atoms with Crippen LogP contribution in [0.25, 0.3) is 11.1 Å². The Morgan fingerprint density at radius 1 is 1.04 bits per heavy atom. The number of sulfonamides is 1. The van der Waals surface area contributed by atoms with E-state index in [0.717, 1.165) is 36.0 Å². The minimum Gasteiger partial charge on any atom is -0.214 e. The molecule has 0 aliphatic carbocycles. The van der Waals surface area contributed by atoms with Gasteiger partial charge >= 0.3 is 0 Å². The van der Waals surface area contributed by atoms with E-state index in [1.165, 1.54) is 7.05 Å². The smallest absolute Gasteiger partial charge is 0.214 e. The highest BCUT2D eigenvalue weighted by Crippen LogP contribution is 2.32. The Balaban J connectivity index is 2.60. The van der Waals surface area contributed by atoms with E-state index in [4.69, 9.17) is 23.2 Å². The number of hydrogen-bond acceptors (Lipinski definition) is 2. The summed E-state index contributed by atoms with van der Waals surface area (Å²) in [5.41, 5.74) is 2.83. The zero-order valence-electron chi connectivity index (χ0n) is 13.1. The van der Waals surface area contributed by atoms with Crippen molar-refractivity contribution in [2.24, 2.45) is 0 Å². The van der Waals surface area contributed by atoms with Crippen molar-refractivity contribution in [3.63, 3.8) is 0 Å². The maximum atomic E-state index is 12.1. The first-order valence-electron chi connectivity index (χ1n) is 7.41. The maximum absolute atomic E-state index is 12.1.